The van der Waals surface area contributed by atoms with E-state index in [9.17, 15) is 4.39 Å². The first-order valence-electron chi connectivity index (χ1n) is 5.38. The molecule has 1 aromatic carbocycles. The Bertz CT molecular complexity index is 391. The highest BCUT2D eigenvalue weighted by molar-refractivity contribution is 9.10. The zero-order chi connectivity index (χ0) is 11.8. The number of nitrogens with two attached hydrogens (primary N) is 1. The highest BCUT2D eigenvalue weighted by Crippen LogP contribution is 2.37. The molecule has 1 aliphatic heterocycles. The van der Waals surface area contributed by atoms with Gasteiger partial charge in [0, 0.05) is 12.2 Å². The summed E-state index contributed by atoms with van der Waals surface area (Å²) in [5.74, 6) is -0.285. The Morgan fingerprint density at radius 1 is 1.56 bits per heavy atom. The Kier molecular flexibility index (Phi) is 3.33. The molecule has 2 rings (SSSR count). The first-order valence-corrected chi connectivity index (χ1v) is 6.17. The van der Waals surface area contributed by atoms with E-state index in [1.165, 1.54) is 0 Å². The minimum atomic E-state index is -0.443. The van der Waals surface area contributed by atoms with E-state index >= 15 is 0 Å². The van der Waals surface area contributed by atoms with Crippen LogP contribution in [0.25, 0.3) is 0 Å². The van der Waals surface area contributed by atoms with Crippen LogP contribution in [0, 0.1) is 5.82 Å². The van der Waals surface area contributed by atoms with Gasteiger partial charge in [-0.15, -0.1) is 0 Å². The van der Waals surface area contributed by atoms with Gasteiger partial charge in [-0.05, 0) is 41.8 Å². The van der Waals surface area contributed by atoms with Crippen LogP contribution >= 0.6 is 15.9 Å². The molecule has 88 valence electrons. The average Bonchev–Trinajstić information content (AvgIpc) is 2.70. The number of rotatable bonds is 2. The minimum Gasteiger partial charge on any atom is -0.373 e. The topological polar surface area (TPSA) is 35.2 Å². The average molecular weight is 288 g/mol. The molecule has 2 unspecified atom stereocenters. The second kappa shape index (κ2) is 4.43. The third-order valence-electron chi connectivity index (χ3n) is 3.22. The molecular weight excluding hydrogens is 273 g/mol. The van der Waals surface area contributed by atoms with Gasteiger partial charge in [-0.2, -0.15) is 0 Å². The summed E-state index contributed by atoms with van der Waals surface area (Å²) in [5, 5.41) is 0. The normalized spacial score (nSPS) is 27.0. The Morgan fingerprint density at radius 2 is 2.31 bits per heavy atom. The van der Waals surface area contributed by atoms with E-state index in [0.29, 0.717) is 16.6 Å². The molecule has 0 aliphatic carbocycles. The number of ether oxygens (including phenoxy) is 1. The van der Waals surface area contributed by atoms with Gasteiger partial charge >= 0.3 is 0 Å². The largest absolute Gasteiger partial charge is 0.373 e. The smallest absolute Gasteiger partial charge is 0.142 e. The zero-order valence-electron chi connectivity index (χ0n) is 9.17. The van der Waals surface area contributed by atoms with Crippen molar-refractivity contribution in [2.75, 3.05) is 6.61 Å². The molecule has 2 atom stereocenters. The van der Waals surface area contributed by atoms with Crippen molar-refractivity contribution in [3.8, 4) is 0 Å². The maximum absolute atomic E-state index is 13.9. The molecule has 1 aromatic rings. The Morgan fingerprint density at radius 3 is 2.94 bits per heavy atom. The molecule has 1 heterocycles. The van der Waals surface area contributed by atoms with Crippen LogP contribution in [-0.2, 0) is 4.74 Å². The van der Waals surface area contributed by atoms with E-state index < -0.39 is 11.6 Å². The van der Waals surface area contributed by atoms with E-state index in [1.54, 1.807) is 18.2 Å². The fraction of sp³-hybridized carbons (Fsp3) is 0.500. The third-order valence-corrected chi connectivity index (χ3v) is 3.84. The molecule has 2 N–H and O–H groups in total. The van der Waals surface area contributed by atoms with Gasteiger partial charge in [0.25, 0.3) is 0 Å². The van der Waals surface area contributed by atoms with Crippen LogP contribution in [0.3, 0.4) is 0 Å². The quantitative estimate of drug-likeness (QED) is 0.907. The van der Waals surface area contributed by atoms with Crippen LogP contribution in [0.2, 0.25) is 0 Å². The number of halogens is 2. The summed E-state index contributed by atoms with van der Waals surface area (Å²) in [6.45, 7) is 2.66. The van der Waals surface area contributed by atoms with Gasteiger partial charge in [0.1, 0.15) is 5.82 Å². The molecule has 0 aromatic heterocycles. The van der Waals surface area contributed by atoms with Gasteiger partial charge in [-0.25, -0.2) is 4.39 Å². The monoisotopic (exact) mass is 287 g/mol. The number of benzene rings is 1. The Labute approximate surface area is 103 Å². The molecule has 0 saturated carbocycles. The van der Waals surface area contributed by atoms with Gasteiger partial charge in [-0.1, -0.05) is 12.1 Å². The maximum atomic E-state index is 13.9. The summed E-state index contributed by atoms with van der Waals surface area (Å²) >= 11 is 3.17. The van der Waals surface area contributed by atoms with E-state index in [0.717, 1.165) is 12.8 Å². The lowest BCUT2D eigenvalue weighted by Crippen LogP contribution is -2.38. The lowest BCUT2D eigenvalue weighted by atomic mass is 9.88. The second-order valence-corrected chi connectivity index (χ2v) is 5.24. The highest BCUT2D eigenvalue weighted by Gasteiger charge is 2.38. The number of hydrogen-bond acceptors (Lipinski definition) is 2. The van der Waals surface area contributed by atoms with Crippen molar-refractivity contribution in [3.63, 3.8) is 0 Å². The van der Waals surface area contributed by atoms with Crippen LogP contribution in [0.4, 0.5) is 4.39 Å². The lowest BCUT2D eigenvalue weighted by Gasteiger charge is -2.31. The molecule has 0 bridgehead atoms. The molecule has 1 saturated heterocycles. The maximum Gasteiger partial charge on any atom is 0.142 e. The van der Waals surface area contributed by atoms with Crippen LogP contribution in [0.5, 0.6) is 0 Å². The minimum absolute atomic E-state index is 0.285. The molecule has 1 aliphatic rings. The molecule has 0 amide bonds. The van der Waals surface area contributed by atoms with Crippen molar-refractivity contribution in [2.24, 2.45) is 5.73 Å². The molecule has 0 radical (unpaired) electrons. The second-order valence-electron chi connectivity index (χ2n) is 4.39. The van der Waals surface area contributed by atoms with Gasteiger partial charge in [0.05, 0.1) is 16.1 Å². The molecule has 2 nitrogen and oxygen atoms in total. The molecule has 0 spiro atoms. The summed E-state index contributed by atoms with van der Waals surface area (Å²) in [4.78, 5) is 0. The van der Waals surface area contributed by atoms with Crippen LogP contribution in [0.15, 0.2) is 22.7 Å². The highest BCUT2D eigenvalue weighted by atomic mass is 79.9. The first kappa shape index (κ1) is 12.0. The van der Waals surface area contributed by atoms with Gasteiger partial charge in [-0.3, -0.25) is 0 Å². The molecular formula is C12H15BrFNO. The van der Waals surface area contributed by atoms with Crippen molar-refractivity contribution >= 4 is 15.9 Å². The summed E-state index contributed by atoms with van der Waals surface area (Å²) < 4.78 is 20.0. The van der Waals surface area contributed by atoms with Gasteiger partial charge < -0.3 is 10.5 Å². The Balaban J connectivity index is 2.33. The molecule has 16 heavy (non-hydrogen) atoms. The lowest BCUT2D eigenvalue weighted by molar-refractivity contribution is -0.00259. The summed E-state index contributed by atoms with van der Waals surface area (Å²) in [6.07, 6.45) is 1.86. The van der Waals surface area contributed by atoms with Crippen molar-refractivity contribution in [3.05, 3.63) is 34.1 Å². The fourth-order valence-corrected chi connectivity index (χ4v) is 2.52. The van der Waals surface area contributed by atoms with Gasteiger partial charge in [0.15, 0.2) is 0 Å². The van der Waals surface area contributed by atoms with E-state index in [-0.39, 0.29) is 5.82 Å². The van der Waals surface area contributed by atoms with Crippen molar-refractivity contribution < 1.29 is 9.13 Å². The van der Waals surface area contributed by atoms with Crippen LogP contribution in [0.1, 0.15) is 31.4 Å². The van der Waals surface area contributed by atoms with Gasteiger partial charge in [0.2, 0.25) is 0 Å². The van der Waals surface area contributed by atoms with Crippen molar-refractivity contribution in [1.82, 2.24) is 0 Å². The fourth-order valence-electron chi connectivity index (χ4n) is 2.14. The third kappa shape index (κ3) is 2.01. The van der Waals surface area contributed by atoms with Crippen molar-refractivity contribution in [2.45, 2.75) is 31.4 Å². The summed E-state index contributed by atoms with van der Waals surface area (Å²) in [6, 6.07) is 4.76. The van der Waals surface area contributed by atoms with Crippen LogP contribution < -0.4 is 5.73 Å². The molecule has 4 heteroatoms. The Hall–Kier alpha value is -0.450. The van der Waals surface area contributed by atoms with E-state index in [1.807, 2.05) is 6.92 Å². The standard InChI is InChI=1S/C12H15BrFNO/c1-12(6-3-7-16-12)11(15)8-4-2-5-9(13)10(8)14/h2,4-5,11H,3,6-7,15H2,1H3. The predicted molar refractivity (Wildman–Crippen MR) is 64.6 cm³/mol. The van der Waals surface area contributed by atoms with E-state index in [4.69, 9.17) is 10.5 Å². The number of hydrogen-bond donors (Lipinski definition) is 1. The van der Waals surface area contributed by atoms with Crippen LogP contribution in [-0.4, -0.2) is 12.2 Å². The summed E-state index contributed by atoms with van der Waals surface area (Å²) in [7, 11) is 0. The zero-order valence-corrected chi connectivity index (χ0v) is 10.8. The first-order chi connectivity index (χ1) is 7.54. The molecule has 1 fully saturated rings. The SMILES string of the molecule is CC1(C(N)c2cccc(Br)c2F)CCCO1. The summed E-state index contributed by atoms with van der Waals surface area (Å²) in [5.41, 5.74) is 6.19. The van der Waals surface area contributed by atoms with E-state index in [2.05, 4.69) is 15.9 Å². The predicted octanol–water partition coefficient (Wildman–Crippen LogP) is 3.16. The van der Waals surface area contributed by atoms with Crippen molar-refractivity contribution in [1.29, 1.82) is 0 Å².